The van der Waals surface area contributed by atoms with Crippen molar-refractivity contribution in [1.29, 1.82) is 0 Å². The van der Waals surface area contributed by atoms with Crippen molar-refractivity contribution in [3.63, 3.8) is 0 Å². The Morgan fingerprint density at radius 2 is 1.69 bits per heavy atom. The van der Waals surface area contributed by atoms with Crippen LogP contribution in [0.2, 0.25) is 0 Å². The lowest BCUT2D eigenvalue weighted by molar-refractivity contribution is -0.323. The van der Waals surface area contributed by atoms with E-state index in [0.717, 1.165) is 48.8 Å². The zero-order valence-electron chi connectivity index (χ0n) is 16.7. The molecule has 0 amide bonds. The van der Waals surface area contributed by atoms with Crippen molar-refractivity contribution in [3.05, 3.63) is 77.4 Å². The van der Waals surface area contributed by atoms with Gasteiger partial charge in [-0.3, -0.25) is 4.79 Å². The highest BCUT2D eigenvalue weighted by Crippen LogP contribution is 2.60. The second kappa shape index (κ2) is 7.23. The summed E-state index contributed by atoms with van der Waals surface area (Å²) >= 11 is 0. The predicted molar refractivity (Wildman–Crippen MR) is 113 cm³/mol. The predicted octanol–water partition coefficient (Wildman–Crippen LogP) is 5.46. The van der Waals surface area contributed by atoms with Gasteiger partial charge in [0, 0.05) is 12.3 Å². The Kier molecular flexibility index (Phi) is 4.68. The summed E-state index contributed by atoms with van der Waals surface area (Å²) in [7, 11) is 0. The van der Waals surface area contributed by atoms with Gasteiger partial charge in [-0.2, -0.15) is 0 Å². The fourth-order valence-electron chi connectivity index (χ4n) is 5.73. The molecule has 150 valence electrons. The lowest BCUT2D eigenvalue weighted by Crippen LogP contribution is -2.55. The van der Waals surface area contributed by atoms with E-state index in [0.29, 0.717) is 12.8 Å². The summed E-state index contributed by atoms with van der Waals surface area (Å²) in [4.78, 5) is 13.8. The van der Waals surface area contributed by atoms with Crippen molar-refractivity contribution in [2.24, 2.45) is 11.3 Å². The minimum atomic E-state index is -1.10. The second-order valence-corrected chi connectivity index (χ2v) is 8.97. The number of ketones is 1. The summed E-state index contributed by atoms with van der Waals surface area (Å²) in [6.45, 7) is 0. The first-order chi connectivity index (χ1) is 14.1. The van der Waals surface area contributed by atoms with Gasteiger partial charge in [0.15, 0.2) is 11.6 Å². The number of hydrogen-bond acceptors (Lipinski definition) is 3. The van der Waals surface area contributed by atoms with Crippen molar-refractivity contribution in [3.8, 4) is 0 Å². The highest BCUT2D eigenvalue weighted by atomic mass is 16.6. The van der Waals surface area contributed by atoms with Crippen LogP contribution in [0, 0.1) is 11.3 Å². The topological polar surface area (TPSA) is 46.5 Å². The summed E-state index contributed by atoms with van der Waals surface area (Å²) in [5.41, 5.74) is 2.38. The van der Waals surface area contributed by atoms with Crippen molar-refractivity contribution in [2.75, 3.05) is 0 Å². The average Bonchev–Trinajstić information content (AvgIpc) is 3.05. The van der Waals surface area contributed by atoms with Crippen LogP contribution in [0.25, 0.3) is 6.08 Å². The Hall–Kier alpha value is -2.23. The molecular formula is C26H28O3. The van der Waals surface area contributed by atoms with Gasteiger partial charge in [0.25, 0.3) is 0 Å². The third-order valence-electron chi connectivity index (χ3n) is 7.24. The van der Waals surface area contributed by atoms with Gasteiger partial charge in [0.2, 0.25) is 0 Å². The van der Waals surface area contributed by atoms with Crippen LogP contribution in [-0.4, -0.2) is 16.7 Å². The molecule has 1 spiro atoms. The molecule has 1 heterocycles. The first kappa shape index (κ1) is 18.8. The van der Waals surface area contributed by atoms with Gasteiger partial charge < -0.3 is 9.84 Å². The minimum Gasteiger partial charge on any atom is -0.365 e. The molecule has 3 aliphatic rings. The lowest BCUT2D eigenvalue weighted by atomic mass is 9.63. The number of ether oxygens (including phenoxy) is 1. The molecule has 2 saturated carbocycles. The van der Waals surface area contributed by atoms with Crippen molar-refractivity contribution in [1.82, 2.24) is 0 Å². The maximum atomic E-state index is 13.8. The minimum absolute atomic E-state index is 0.0382. The van der Waals surface area contributed by atoms with Crippen LogP contribution in [-0.2, 0) is 9.53 Å². The largest absolute Gasteiger partial charge is 0.365 e. The van der Waals surface area contributed by atoms with Gasteiger partial charge in [0.1, 0.15) is 0 Å². The molecule has 1 N–H and O–H groups in total. The zero-order chi connectivity index (χ0) is 19.9. The van der Waals surface area contributed by atoms with E-state index in [1.165, 1.54) is 0 Å². The van der Waals surface area contributed by atoms with Gasteiger partial charge in [-0.1, -0.05) is 67.1 Å². The van der Waals surface area contributed by atoms with Crippen LogP contribution in [0.15, 0.2) is 66.2 Å². The Labute approximate surface area is 172 Å². The number of carbonyl (C=O) groups is 1. The molecule has 1 aliphatic heterocycles. The summed E-state index contributed by atoms with van der Waals surface area (Å²) in [6, 6.07) is 20.1. The molecule has 0 radical (unpaired) electrons. The Morgan fingerprint density at radius 1 is 0.966 bits per heavy atom. The number of carbonyl (C=O) groups excluding carboxylic acids is 1. The molecular weight excluding hydrogens is 360 g/mol. The van der Waals surface area contributed by atoms with E-state index < -0.39 is 17.3 Å². The number of benzene rings is 2. The molecule has 29 heavy (non-hydrogen) atoms. The SMILES string of the molecule is O=C1/C(=C/c2ccccc2)CC[C@]12C[C@@H]1CCCC[C@]1(O)O[C@H]2c1ccccc1. The van der Waals surface area contributed by atoms with Gasteiger partial charge in [-0.15, -0.1) is 0 Å². The molecule has 2 aromatic rings. The van der Waals surface area contributed by atoms with Gasteiger partial charge in [0.05, 0.1) is 11.5 Å². The summed E-state index contributed by atoms with van der Waals surface area (Å²) in [6.07, 6.45) is 7.61. The van der Waals surface area contributed by atoms with Gasteiger partial charge in [-0.25, -0.2) is 0 Å². The molecule has 3 nitrogen and oxygen atoms in total. The standard InChI is InChI=1S/C26H28O3/c27-23-21(17-19-9-3-1-4-10-19)14-16-25(23)18-22-13-7-8-15-26(22,28)29-24(25)20-11-5-2-6-12-20/h1-6,9-12,17,22,24,28H,7-8,13-16,18H2/b21-17+/t22-,24-,25-,26-/m0/s1. The van der Waals surface area contributed by atoms with Gasteiger partial charge in [-0.05, 0) is 54.9 Å². The molecule has 3 heteroatoms. The van der Waals surface area contributed by atoms with E-state index in [-0.39, 0.29) is 11.7 Å². The van der Waals surface area contributed by atoms with E-state index in [2.05, 4.69) is 0 Å². The van der Waals surface area contributed by atoms with Crippen LogP contribution < -0.4 is 0 Å². The van der Waals surface area contributed by atoms with Crippen LogP contribution in [0.1, 0.15) is 62.2 Å². The Balaban J connectivity index is 1.55. The van der Waals surface area contributed by atoms with E-state index in [4.69, 9.17) is 4.74 Å². The normalized spacial score (nSPS) is 35.8. The molecule has 3 fully saturated rings. The lowest BCUT2D eigenvalue weighted by Gasteiger charge is -2.53. The van der Waals surface area contributed by atoms with E-state index in [1.54, 1.807) is 0 Å². The third kappa shape index (κ3) is 3.17. The summed E-state index contributed by atoms with van der Waals surface area (Å²) in [5, 5.41) is 11.3. The van der Waals surface area contributed by atoms with Crippen molar-refractivity contribution >= 4 is 11.9 Å². The van der Waals surface area contributed by atoms with Crippen molar-refractivity contribution < 1.29 is 14.6 Å². The molecule has 4 atom stereocenters. The Bertz CT molecular complexity index is 919. The summed E-state index contributed by atoms with van der Waals surface area (Å²) < 4.78 is 6.48. The van der Waals surface area contributed by atoms with E-state index >= 15 is 0 Å². The number of hydrogen-bond donors (Lipinski definition) is 1. The third-order valence-corrected chi connectivity index (χ3v) is 7.24. The smallest absolute Gasteiger partial charge is 0.169 e. The molecule has 2 aromatic carbocycles. The molecule has 1 saturated heterocycles. The van der Waals surface area contributed by atoms with Crippen LogP contribution >= 0.6 is 0 Å². The quantitative estimate of drug-likeness (QED) is 0.695. The van der Waals surface area contributed by atoms with E-state index in [9.17, 15) is 9.90 Å². The van der Waals surface area contributed by atoms with Crippen LogP contribution in [0.4, 0.5) is 0 Å². The monoisotopic (exact) mass is 388 g/mol. The molecule has 2 aliphatic carbocycles. The number of fused-ring (bicyclic) bond motifs is 1. The molecule has 0 aromatic heterocycles. The maximum absolute atomic E-state index is 13.8. The fraction of sp³-hybridized carbons (Fsp3) is 0.423. The first-order valence-electron chi connectivity index (χ1n) is 10.9. The molecule has 5 rings (SSSR count). The molecule has 0 unspecified atom stereocenters. The maximum Gasteiger partial charge on any atom is 0.169 e. The van der Waals surface area contributed by atoms with Crippen LogP contribution in [0.5, 0.6) is 0 Å². The summed E-state index contributed by atoms with van der Waals surface area (Å²) in [5.74, 6) is -0.852. The number of rotatable bonds is 2. The van der Waals surface area contributed by atoms with Crippen molar-refractivity contribution in [2.45, 2.75) is 56.8 Å². The number of aliphatic hydroxyl groups is 1. The van der Waals surface area contributed by atoms with E-state index in [1.807, 2.05) is 66.7 Å². The molecule has 0 bridgehead atoms. The zero-order valence-corrected chi connectivity index (χ0v) is 16.7. The number of Topliss-reactive ketones (excluding diaryl/α,β-unsaturated/α-hetero) is 1. The number of allylic oxidation sites excluding steroid dienone is 1. The Morgan fingerprint density at radius 3 is 2.45 bits per heavy atom. The highest BCUT2D eigenvalue weighted by Gasteiger charge is 2.61. The fourth-order valence-corrected chi connectivity index (χ4v) is 5.73. The van der Waals surface area contributed by atoms with Crippen LogP contribution in [0.3, 0.4) is 0 Å². The first-order valence-corrected chi connectivity index (χ1v) is 10.9. The second-order valence-electron chi connectivity index (χ2n) is 8.97. The van der Waals surface area contributed by atoms with Gasteiger partial charge >= 0.3 is 0 Å². The highest BCUT2D eigenvalue weighted by molar-refractivity contribution is 6.06. The average molecular weight is 389 g/mol.